The topological polar surface area (TPSA) is 41.1 Å². The molecule has 0 bridgehead atoms. The first-order valence-corrected chi connectivity index (χ1v) is 7.31. The van der Waals surface area contributed by atoms with E-state index in [2.05, 4.69) is 26.6 Å². The van der Waals surface area contributed by atoms with Gasteiger partial charge in [0, 0.05) is 16.7 Å². The van der Waals surface area contributed by atoms with E-state index < -0.39 is 17.8 Å². The Morgan fingerprint density at radius 3 is 2.43 bits per heavy atom. The third-order valence-electron chi connectivity index (χ3n) is 2.74. The van der Waals surface area contributed by atoms with Gasteiger partial charge in [-0.05, 0) is 31.0 Å². The molecule has 3 nitrogen and oxygen atoms in total. The Bertz CT molecular complexity index is 503. The summed E-state index contributed by atoms with van der Waals surface area (Å²) in [6.45, 7) is 5.89. The molecular formula is C14H18BrF3N2O. The van der Waals surface area contributed by atoms with Crippen LogP contribution in [0.3, 0.4) is 0 Å². The lowest BCUT2D eigenvalue weighted by Crippen LogP contribution is -2.39. The molecule has 0 heterocycles. The van der Waals surface area contributed by atoms with Crippen LogP contribution >= 0.6 is 15.9 Å². The minimum Gasteiger partial charge on any atom is -0.373 e. The number of carbonyl (C=O) groups excluding carboxylic acids is 1. The van der Waals surface area contributed by atoms with Crippen molar-refractivity contribution >= 4 is 27.5 Å². The van der Waals surface area contributed by atoms with E-state index in [1.807, 2.05) is 13.8 Å². The quantitative estimate of drug-likeness (QED) is 0.825. The van der Waals surface area contributed by atoms with Crippen LogP contribution in [0.5, 0.6) is 0 Å². The van der Waals surface area contributed by atoms with E-state index in [4.69, 9.17) is 0 Å². The Balaban J connectivity index is 2.85. The second kappa shape index (κ2) is 7.15. The van der Waals surface area contributed by atoms with E-state index in [0.29, 0.717) is 11.0 Å². The van der Waals surface area contributed by atoms with Gasteiger partial charge in [0.2, 0.25) is 5.91 Å². The summed E-state index contributed by atoms with van der Waals surface area (Å²) in [4.78, 5) is 11.8. The van der Waals surface area contributed by atoms with E-state index in [9.17, 15) is 18.0 Å². The van der Waals surface area contributed by atoms with Crippen molar-refractivity contribution in [3.63, 3.8) is 0 Å². The van der Waals surface area contributed by atoms with Crippen molar-refractivity contribution in [3.8, 4) is 0 Å². The molecule has 1 unspecified atom stereocenters. The van der Waals surface area contributed by atoms with Gasteiger partial charge >= 0.3 is 6.18 Å². The zero-order valence-corrected chi connectivity index (χ0v) is 13.6. The summed E-state index contributed by atoms with van der Waals surface area (Å²) in [6.07, 6.45) is -4.49. The van der Waals surface area contributed by atoms with Crippen molar-refractivity contribution < 1.29 is 18.0 Å². The number of benzene rings is 1. The molecular weight excluding hydrogens is 349 g/mol. The van der Waals surface area contributed by atoms with Gasteiger partial charge in [-0.25, -0.2) is 0 Å². The second-order valence-corrected chi connectivity index (χ2v) is 6.11. The molecule has 1 aromatic rings. The average Bonchev–Trinajstić information content (AvgIpc) is 2.36. The Morgan fingerprint density at radius 2 is 1.90 bits per heavy atom. The molecule has 0 fully saturated rings. The van der Waals surface area contributed by atoms with Crippen LogP contribution in [0.2, 0.25) is 0 Å². The fourth-order valence-corrected chi connectivity index (χ4v) is 1.99. The number of rotatable bonds is 5. The second-order valence-electron chi connectivity index (χ2n) is 5.19. The summed E-state index contributed by atoms with van der Waals surface area (Å²) < 4.78 is 39.2. The third-order valence-corrected chi connectivity index (χ3v) is 3.23. The van der Waals surface area contributed by atoms with Crippen LogP contribution in [-0.4, -0.2) is 18.5 Å². The zero-order chi connectivity index (χ0) is 16.2. The van der Waals surface area contributed by atoms with E-state index >= 15 is 0 Å². The maximum absolute atomic E-state index is 13.0. The minimum absolute atomic E-state index is 0.113. The fourth-order valence-electron chi connectivity index (χ4n) is 1.63. The van der Waals surface area contributed by atoms with Crippen LogP contribution in [0.25, 0.3) is 0 Å². The maximum atomic E-state index is 13.0. The maximum Gasteiger partial charge on any atom is 0.418 e. The van der Waals surface area contributed by atoms with Gasteiger partial charge in [-0.1, -0.05) is 29.8 Å². The number of amides is 1. The van der Waals surface area contributed by atoms with Crippen LogP contribution in [0.4, 0.5) is 18.9 Å². The number of anilines is 1. The summed E-state index contributed by atoms with van der Waals surface area (Å²) in [6, 6.07) is 3.03. The molecule has 1 aromatic carbocycles. The summed E-state index contributed by atoms with van der Waals surface area (Å²) in [5, 5.41) is 5.29. The molecule has 0 aliphatic carbocycles. The van der Waals surface area contributed by atoms with Crippen molar-refractivity contribution in [2.45, 2.75) is 33.0 Å². The standard InChI is InChI=1S/C14H18BrF3N2O/c1-8(2)7-19-13(21)9(3)20-12-5-4-10(15)6-11(12)14(16,17)18/h4-6,8-9,20H,7H2,1-3H3,(H,19,21). The first-order valence-electron chi connectivity index (χ1n) is 6.52. The monoisotopic (exact) mass is 366 g/mol. The highest BCUT2D eigenvalue weighted by molar-refractivity contribution is 9.10. The third kappa shape index (κ3) is 5.57. The largest absolute Gasteiger partial charge is 0.418 e. The lowest BCUT2D eigenvalue weighted by molar-refractivity contribution is -0.137. The van der Waals surface area contributed by atoms with Crippen LogP contribution in [0.1, 0.15) is 26.3 Å². The number of alkyl halides is 3. The summed E-state index contributed by atoms with van der Waals surface area (Å²) >= 11 is 3.02. The summed E-state index contributed by atoms with van der Waals surface area (Å²) in [5.41, 5.74) is -0.918. The number of hydrogen-bond acceptors (Lipinski definition) is 2. The zero-order valence-electron chi connectivity index (χ0n) is 12.0. The van der Waals surface area contributed by atoms with Crippen molar-refractivity contribution in [2.75, 3.05) is 11.9 Å². The van der Waals surface area contributed by atoms with E-state index in [-0.39, 0.29) is 17.5 Å². The molecule has 0 spiro atoms. The van der Waals surface area contributed by atoms with Gasteiger partial charge in [0.05, 0.1) is 5.56 Å². The SMILES string of the molecule is CC(C)CNC(=O)C(C)Nc1ccc(Br)cc1C(F)(F)F. The Morgan fingerprint density at radius 1 is 1.29 bits per heavy atom. The fraction of sp³-hybridized carbons (Fsp3) is 0.500. The molecule has 118 valence electrons. The molecule has 1 atom stereocenters. The summed E-state index contributed by atoms with van der Waals surface area (Å²) in [7, 11) is 0. The predicted molar refractivity (Wildman–Crippen MR) is 80.1 cm³/mol. The Kier molecular flexibility index (Phi) is 6.07. The van der Waals surface area contributed by atoms with Crippen LogP contribution in [0, 0.1) is 5.92 Å². The lowest BCUT2D eigenvalue weighted by atomic mass is 10.1. The molecule has 7 heteroatoms. The average molecular weight is 367 g/mol. The van der Waals surface area contributed by atoms with Crippen LogP contribution < -0.4 is 10.6 Å². The van der Waals surface area contributed by atoms with Crippen LogP contribution in [0.15, 0.2) is 22.7 Å². The van der Waals surface area contributed by atoms with Gasteiger partial charge in [-0.3, -0.25) is 4.79 Å². The lowest BCUT2D eigenvalue weighted by Gasteiger charge is -2.20. The molecule has 0 aliphatic heterocycles. The minimum atomic E-state index is -4.49. The highest BCUT2D eigenvalue weighted by Gasteiger charge is 2.34. The number of carbonyl (C=O) groups is 1. The van der Waals surface area contributed by atoms with Crippen LogP contribution in [-0.2, 0) is 11.0 Å². The van der Waals surface area contributed by atoms with Crippen molar-refractivity contribution in [1.82, 2.24) is 5.32 Å². The van der Waals surface area contributed by atoms with Crippen molar-refractivity contribution in [2.24, 2.45) is 5.92 Å². The molecule has 0 saturated heterocycles. The molecule has 0 aliphatic rings. The highest BCUT2D eigenvalue weighted by atomic mass is 79.9. The van der Waals surface area contributed by atoms with Crippen molar-refractivity contribution in [3.05, 3.63) is 28.2 Å². The molecule has 0 aromatic heterocycles. The van der Waals surface area contributed by atoms with Gasteiger partial charge in [0.25, 0.3) is 0 Å². The van der Waals surface area contributed by atoms with Crippen molar-refractivity contribution in [1.29, 1.82) is 0 Å². The first kappa shape index (κ1) is 17.8. The van der Waals surface area contributed by atoms with Gasteiger partial charge in [0.1, 0.15) is 6.04 Å². The first-order chi connectivity index (χ1) is 9.61. The van der Waals surface area contributed by atoms with Gasteiger partial charge in [-0.15, -0.1) is 0 Å². The normalized spacial score (nSPS) is 13.1. The number of halogens is 4. The predicted octanol–water partition coefficient (Wildman–Crippen LogP) is 4.04. The number of nitrogens with one attached hydrogen (secondary N) is 2. The summed E-state index contributed by atoms with van der Waals surface area (Å²) in [5.74, 6) is -0.0562. The number of hydrogen-bond donors (Lipinski definition) is 2. The van der Waals surface area contributed by atoms with E-state index in [0.717, 1.165) is 6.07 Å². The highest BCUT2D eigenvalue weighted by Crippen LogP contribution is 2.36. The smallest absolute Gasteiger partial charge is 0.373 e. The molecule has 2 N–H and O–H groups in total. The van der Waals surface area contributed by atoms with Gasteiger partial charge < -0.3 is 10.6 Å². The van der Waals surface area contributed by atoms with E-state index in [1.54, 1.807) is 0 Å². The molecule has 1 rings (SSSR count). The van der Waals surface area contributed by atoms with E-state index in [1.165, 1.54) is 19.1 Å². The van der Waals surface area contributed by atoms with Gasteiger partial charge in [-0.2, -0.15) is 13.2 Å². The molecule has 0 saturated carbocycles. The molecule has 0 radical (unpaired) electrons. The Hall–Kier alpha value is -1.24. The van der Waals surface area contributed by atoms with Gasteiger partial charge in [0.15, 0.2) is 0 Å². The molecule has 1 amide bonds. The Labute approximate surface area is 130 Å². The molecule has 21 heavy (non-hydrogen) atoms.